The van der Waals surface area contributed by atoms with Gasteiger partial charge < -0.3 is 4.90 Å². The van der Waals surface area contributed by atoms with Gasteiger partial charge in [-0.05, 0) is 24.5 Å². The summed E-state index contributed by atoms with van der Waals surface area (Å²) in [7, 11) is 0. The number of nitrogens with zero attached hydrogens (tertiary/aromatic N) is 4. The Morgan fingerprint density at radius 2 is 1.81 bits per heavy atom. The number of rotatable bonds is 3. The molecule has 2 bridgehead atoms. The Morgan fingerprint density at radius 1 is 1.05 bits per heavy atom. The van der Waals surface area contributed by atoms with E-state index in [0.29, 0.717) is 12.1 Å². The lowest BCUT2D eigenvalue weighted by Crippen LogP contribution is -2.46. The van der Waals surface area contributed by atoms with E-state index in [0.717, 1.165) is 31.1 Å². The van der Waals surface area contributed by atoms with Crippen molar-refractivity contribution in [1.82, 2.24) is 14.9 Å². The molecule has 2 aliphatic rings. The van der Waals surface area contributed by atoms with Crippen LogP contribution in [0.3, 0.4) is 0 Å². The third kappa shape index (κ3) is 2.40. The fourth-order valence-corrected chi connectivity index (χ4v) is 3.54. The van der Waals surface area contributed by atoms with E-state index in [1.807, 2.05) is 19.3 Å². The van der Waals surface area contributed by atoms with Gasteiger partial charge in [-0.3, -0.25) is 4.90 Å². The second-order valence-electron chi connectivity index (χ2n) is 6.17. The largest absolute Gasteiger partial charge is 0.335 e. The average Bonchev–Trinajstić information content (AvgIpc) is 3.09. The predicted molar refractivity (Wildman–Crippen MR) is 83.2 cm³/mol. The van der Waals surface area contributed by atoms with Crippen molar-refractivity contribution in [2.75, 3.05) is 18.0 Å². The van der Waals surface area contributed by atoms with Crippen molar-refractivity contribution in [1.29, 1.82) is 0 Å². The van der Waals surface area contributed by atoms with E-state index in [-0.39, 0.29) is 0 Å². The van der Waals surface area contributed by atoms with Gasteiger partial charge in [-0.1, -0.05) is 30.3 Å². The van der Waals surface area contributed by atoms with Crippen molar-refractivity contribution in [3.05, 3.63) is 53.9 Å². The number of hydrogen-bond donors (Lipinski definition) is 0. The molecule has 21 heavy (non-hydrogen) atoms. The van der Waals surface area contributed by atoms with E-state index in [4.69, 9.17) is 0 Å². The molecular weight excluding hydrogens is 260 g/mol. The molecule has 0 aliphatic carbocycles. The third-order valence-corrected chi connectivity index (χ3v) is 4.61. The summed E-state index contributed by atoms with van der Waals surface area (Å²) in [5.41, 5.74) is 2.52. The Hall–Kier alpha value is -1.94. The number of piperazine rings is 1. The molecule has 2 fully saturated rings. The van der Waals surface area contributed by atoms with E-state index in [1.165, 1.54) is 12.0 Å². The topological polar surface area (TPSA) is 32.3 Å². The fraction of sp³-hybridized carbons (Fsp3) is 0.412. The number of fused-ring (bicyclic) bond motifs is 2. The summed E-state index contributed by atoms with van der Waals surface area (Å²) in [6, 6.07) is 12.0. The highest BCUT2D eigenvalue weighted by Crippen LogP contribution is 2.33. The van der Waals surface area contributed by atoms with E-state index in [9.17, 15) is 0 Å². The van der Waals surface area contributed by atoms with Crippen molar-refractivity contribution in [2.24, 2.45) is 0 Å². The molecule has 1 aromatic carbocycles. The summed E-state index contributed by atoms with van der Waals surface area (Å²) in [5, 5.41) is 0. The zero-order chi connectivity index (χ0) is 14.2. The van der Waals surface area contributed by atoms with Gasteiger partial charge in [0.1, 0.15) is 0 Å². The maximum Gasteiger partial charge on any atom is 0.225 e. The minimum Gasteiger partial charge on any atom is -0.335 e. The van der Waals surface area contributed by atoms with Gasteiger partial charge in [0.15, 0.2) is 0 Å². The molecule has 0 saturated carbocycles. The van der Waals surface area contributed by atoms with Crippen LogP contribution in [0.2, 0.25) is 0 Å². The van der Waals surface area contributed by atoms with Gasteiger partial charge in [0, 0.05) is 44.1 Å². The van der Waals surface area contributed by atoms with E-state index < -0.39 is 0 Å². The summed E-state index contributed by atoms with van der Waals surface area (Å²) in [5.74, 6) is 0.896. The summed E-state index contributed by atoms with van der Waals surface area (Å²) in [6.07, 6.45) is 5.07. The molecule has 4 rings (SSSR count). The maximum atomic E-state index is 4.48. The Kier molecular flexibility index (Phi) is 3.11. The first kappa shape index (κ1) is 12.8. The van der Waals surface area contributed by atoms with Gasteiger partial charge in [0.25, 0.3) is 0 Å². The lowest BCUT2D eigenvalue weighted by molar-refractivity contribution is 0.229. The summed E-state index contributed by atoms with van der Waals surface area (Å²) < 4.78 is 0. The van der Waals surface area contributed by atoms with Crippen LogP contribution < -0.4 is 4.90 Å². The van der Waals surface area contributed by atoms with E-state index in [2.05, 4.69) is 50.1 Å². The first-order valence-corrected chi connectivity index (χ1v) is 7.63. The van der Waals surface area contributed by atoms with E-state index in [1.54, 1.807) is 0 Å². The number of hydrogen-bond acceptors (Lipinski definition) is 4. The quantitative estimate of drug-likeness (QED) is 0.863. The Labute approximate surface area is 125 Å². The zero-order valence-electron chi connectivity index (χ0n) is 12.3. The molecule has 1 aromatic heterocycles. The lowest BCUT2D eigenvalue weighted by Gasteiger charge is -2.34. The molecule has 4 heteroatoms. The molecule has 2 atom stereocenters. The molecule has 2 saturated heterocycles. The maximum absolute atomic E-state index is 4.48. The smallest absolute Gasteiger partial charge is 0.225 e. The van der Waals surface area contributed by atoms with Crippen molar-refractivity contribution < 1.29 is 0 Å². The van der Waals surface area contributed by atoms with Crippen LogP contribution in [0.15, 0.2) is 42.7 Å². The zero-order valence-corrected chi connectivity index (χ0v) is 12.3. The van der Waals surface area contributed by atoms with Crippen LogP contribution >= 0.6 is 0 Å². The molecule has 0 unspecified atom stereocenters. The summed E-state index contributed by atoms with van der Waals surface area (Å²) in [4.78, 5) is 14.0. The van der Waals surface area contributed by atoms with E-state index >= 15 is 0 Å². The summed E-state index contributed by atoms with van der Waals surface area (Å²) >= 11 is 0. The van der Waals surface area contributed by atoms with Crippen molar-refractivity contribution >= 4 is 5.95 Å². The van der Waals surface area contributed by atoms with Crippen LogP contribution in [-0.4, -0.2) is 40.0 Å². The van der Waals surface area contributed by atoms with Crippen molar-refractivity contribution in [2.45, 2.75) is 32.0 Å². The second-order valence-corrected chi connectivity index (χ2v) is 6.17. The van der Waals surface area contributed by atoms with Crippen molar-refractivity contribution in [3.8, 4) is 0 Å². The van der Waals surface area contributed by atoms with Gasteiger partial charge in [-0.2, -0.15) is 0 Å². The first-order chi connectivity index (χ1) is 10.3. The number of anilines is 1. The lowest BCUT2D eigenvalue weighted by atomic mass is 10.2. The van der Waals surface area contributed by atoms with Crippen LogP contribution in [0.25, 0.3) is 0 Å². The Morgan fingerprint density at radius 3 is 2.48 bits per heavy atom. The highest BCUT2D eigenvalue weighted by atomic mass is 15.4. The molecule has 0 amide bonds. The molecule has 2 aliphatic heterocycles. The minimum absolute atomic E-state index is 0.571. The molecular formula is C17H20N4. The minimum atomic E-state index is 0.571. The van der Waals surface area contributed by atoms with Crippen molar-refractivity contribution in [3.63, 3.8) is 0 Å². The fourth-order valence-electron chi connectivity index (χ4n) is 3.54. The Bertz CT molecular complexity index is 610. The number of benzene rings is 1. The first-order valence-electron chi connectivity index (χ1n) is 7.63. The number of aryl methyl sites for hydroxylation is 1. The highest BCUT2D eigenvalue weighted by molar-refractivity contribution is 5.37. The van der Waals surface area contributed by atoms with Crippen LogP contribution in [0.4, 0.5) is 5.95 Å². The van der Waals surface area contributed by atoms with Crippen LogP contribution in [-0.2, 0) is 6.54 Å². The normalized spacial score (nSPS) is 24.7. The number of aromatic nitrogens is 2. The van der Waals surface area contributed by atoms with Crippen LogP contribution in [0, 0.1) is 6.92 Å². The molecule has 3 heterocycles. The molecule has 108 valence electrons. The van der Waals surface area contributed by atoms with Gasteiger partial charge >= 0.3 is 0 Å². The molecule has 2 aromatic rings. The molecule has 0 N–H and O–H groups in total. The Balaban J connectivity index is 1.45. The second kappa shape index (κ2) is 5.11. The summed E-state index contributed by atoms with van der Waals surface area (Å²) in [6.45, 7) is 5.27. The van der Waals surface area contributed by atoms with Gasteiger partial charge in [0.2, 0.25) is 5.95 Å². The SMILES string of the molecule is Cc1cnc(N2C[C@@H]3C[C@H]2CN3Cc2ccccc2)nc1. The average molecular weight is 280 g/mol. The molecule has 0 radical (unpaired) electrons. The molecule has 4 nitrogen and oxygen atoms in total. The monoisotopic (exact) mass is 280 g/mol. The standard InChI is InChI=1S/C17H20N4/c1-13-8-18-17(19-9-13)21-12-15-7-16(21)11-20(15)10-14-5-3-2-4-6-14/h2-6,8-9,15-16H,7,10-12H2,1H3/t15-,16-/m0/s1. The van der Waals surface area contributed by atoms with Gasteiger partial charge in [-0.25, -0.2) is 9.97 Å². The van der Waals surface area contributed by atoms with Gasteiger partial charge in [-0.15, -0.1) is 0 Å². The highest BCUT2D eigenvalue weighted by Gasteiger charge is 2.43. The third-order valence-electron chi connectivity index (χ3n) is 4.61. The van der Waals surface area contributed by atoms with Gasteiger partial charge in [0.05, 0.1) is 0 Å². The molecule has 0 spiro atoms. The van der Waals surface area contributed by atoms with Crippen LogP contribution in [0.1, 0.15) is 17.5 Å². The number of likely N-dealkylation sites (tertiary alicyclic amines) is 1. The van der Waals surface area contributed by atoms with Crippen LogP contribution in [0.5, 0.6) is 0 Å². The predicted octanol–water partition coefficient (Wildman–Crippen LogP) is 2.25.